The third-order valence-corrected chi connectivity index (χ3v) is 2.41. The monoisotopic (exact) mass is 272 g/mol. The number of rotatable bonds is 6. The number of carbonyl (C=O) groups excluding carboxylic acids is 2. The Hall–Kier alpha value is -1.62. The largest absolute Gasteiger partial charge is 0.354 e. The minimum Gasteiger partial charge on any atom is -0.354 e. The van der Waals surface area contributed by atoms with Crippen LogP contribution in [0, 0.1) is 5.82 Å². The first kappa shape index (κ1) is 14.4. The van der Waals surface area contributed by atoms with E-state index in [9.17, 15) is 14.0 Å². The van der Waals surface area contributed by atoms with Gasteiger partial charge < -0.3 is 10.6 Å². The summed E-state index contributed by atoms with van der Waals surface area (Å²) in [6.07, 6.45) is 0.184. The summed E-state index contributed by atoms with van der Waals surface area (Å²) in [5.41, 5.74) is 0.735. The molecular formula is C12H14ClFN2O2. The van der Waals surface area contributed by atoms with Gasteiger partial charge in [0, 0.05) is 13.1 Å². The number of hydrogen-bond acceptors (Lipinski definition) is 2. The fourth-order valence-electron chi connectivity index (χ4n) is 1.30. The molecule has 0 bridgehead atoms. The molecular weight excluding hydrogens is 259 g/mol. The maximum absolute atomic E-state index is 12.6. The molecule has 0 aliphatic rings. The molecule has 0 heterocycles. The van der Waals surface area contributed by atoms with E-state index in [0.29, 0.717) is 13.1 Å². The Bertz CT molecular complexity index is 409. The molecule has 0 aromatic heterocycles. The molecule has 0 saturated heterocycles. The van der Waals surface area contributed by atoms with Gasteiger partial charge in [-0.1, -0.05) is 12.1 Å². The van der Waals surface area contributed by atoms with E-state index in [-0.39, 0.29) is 29.9 Å². The van der Waals surface area contributed by atoms with Crippen LogP contribution in [0.25, 0.3) is 0 Å². The van der Waals surface area contributed by atoms with E-state index in [2.05, 4.69) is 10.6 Å². The van der Waals surface area contributed by atoms with E-state index < -0.39 is 0 Å². The zero-order valence-electron chi connectivity index (χ0n) is 9.71. The summed E-state index contributed by atoms with van der Waals surface area (Å²) in [5, 5.41) is 5.16. The average molecular weight is 273 g/mol. The second-order valence-electron chi connectivity index (χ2n) is 3.64. The first-order valence-corrected chi connectivity index (χ1v) is 5.99. The van der Waals surface area contributed by atoms with Gasteiger partial charge in [0.05, 0.1) is 6.42 Å². The van der Waals surface area contributed by atoms with Gasteiger partial charge in [-0.05, 0) is 17.7 Å². The normalized spacial score (nSPS) is 9.89. The van der Waals surface area contributed by atoms with Gasteiger partial charge in [-0.3, -0.25) is 9.59 Å². The van der Waals surface area contributed by atoms with Crippen LogP contribution in [0.5, 0.6) is 0 Å². The van der Waals surface area contributed by atoms with Crippen molar-refractivity contribution < 1.29 is 14.0 Å². The van der Waals surface area contributed by atoms with Gasteiger partial charge in [0.25, 0.3) is 0 Å². The summed E-state index contributed by atoms with van der Waals surface area (Å²) >= 11 is 5.28. The van der Waals surface area contributed by atoms with E-state index in [0.717, 1.165) is 5.56 Å². The van der Waals surface area contributed by atoms with E-state index in [1.54, 1.807) is 12.1 Å². The number of alkyl halides is 1. The van der Waals surface area contributed by atoms with E-state index in [1.165, 1.54) is 12.1 Å². The number of benzene rings is 1. The van der Waals surface area contributed by atoms with Gasteiger partial charge in [-0.25, -0.2) is 4.39 Å². The molecule has 0 aliphatic heterocycles. The van der Waals surface area contributed by atoms with Gasteiger partial charge in [-0.2, -0.15) is 0 Å². The smallest absolute Gasteiger partial charge is 0.234 e. The van der Waals surface area contributed by atoms with Crippen molar-refractivity contribution in [2.75, 3.05) is 19.0 Å². The van der Waals surface area contributed by atoms with Crippen molar-refractivity contribution >= 4 is 23.4 Å². The van der Waals surface area contributed by atoms with Gasteiger partial charge in [-0.15, -0.1) is 11.6 Å². The number of halogens is 2. The van der Waals surface area contributed by atoms with E-state index >= 15 is 0 Å². The van der Waals surface area contributed by atoms with Crippen molar-refractivity contribution in [1.82, 2.24) is 10.6 Å². The van der Waals surface area contributed by atoms with Crippen LogP contribution in [0.1, 0.15) is 5.56 Å². The Morgan fingerprint density at radius 2 is 1.61 bits per heavy atom. The molecule has 0 fully saturated rings. The molecule has 2 N–H and O–H groups in total. The maximum Gasteiger partial charge on any atom is 0.234 e. The van der Waals surface area contributed by atoms with Crippen LogP contribution >= 0.6 is 11.6 Å². The Morgan fingerprint density at radius 3 is 2.17 bits per heavy atom. The van der Waals surface area contributed by atoms with Crippen LogP contribution in [0.4, 0.5) is 4.39 Å². The number of amides is 2. The molecule has 98 valence electrons. The van der Waals surface area contributed by atoms with E-state index in [1.807, 2.05) is 0 Å². The average Bonchev–Trinajstić information content (AvgIpc) is 2.37. The summed E-state index contributed by atoms with van der Waals surface area (Å²) in [5.74, 6) is -0.877. The zero-order valence-corrected chi connectivity index (χ0v) is 10.5. The fraction of sp³-hybridized carbons (Fsp3) is 0.333. The van der Waals surface area contributed by atoms with E-state index in [4.69, 9.17) is 11.6 Å². The van der Waals surface area contributed by atoms with Crippen molar-refractivity contribution in [3.8, 4) is 0 Å². The Kier molecular flexibility index (Phi) is 6.14. The predicted molar refractivity (Wildman–Crippen MR) is 66.8 cm³/mol. The fourth-order valence-corrected chi connectivity index (χ4v) is 1.40. The van der Waals surface area contributed by atoms with Crippen molar-refractivity contribution in [2.24, 2.45) is 0 Å². The summed E-state index contributed by atoms with van der Waals surface area (Å²) in [6.45, 7) is 0.670. The minimum absolute atomic E-state index is 0.0937. The first-order valence-electron chi connectivity index (χ1n) is 5.45. The summed E-state index contributed by atoms with van der Waals surface area (Å²) in [6, 6.07) is 5.74. The topological polar surface area (TPSA) is 58.2 Å². The molecule has 0 spiro atoms. The Morgan fingerprint density at radius 1 is 1.06 bits per heavy atom. The van der Waals surface area contributed by atoms with Crippen LogP contribution in [-0.4, -0.2) is 30.8 Å². The third kappa shape index (κ3) is 5.63. The van der Waals surface area contributed by atoms with Crippen LogP contribution in [0.15, 0.2) is 24.3 Å². The number of hydrogen-bond donors (Lipinski definition) is 2. The molecule has 1 aromatic rings. The highest BCUT2D eigenvalue weighted by Gasteiger charge is 2.03. The molecule has 0 radical (unpaired) electrons. The third-order valence-electron chi connectivity index (χ3n) is 2.17. The lowest BCUT2D eigenvalue weighted by atomic mass is 10.1. The molecule has 0 aliphatic carbocycles. The highest BCUT2D eigenvalue weighted by Crippen LogP contribution is 2.03. The van der Waals surface area contributed by atoms with Crippen LogP contribution in [0.3, 0.4) is 0 Å². The Labute approximate surface area is 110 Å². The highest BCUT2D eigenvalue weighted by atomic mass is 35.5. The minimum atomic E-state index is -0.331. The summed E-state index contributed by atoms with van der Waals surface area (Å²) < 4.78 is 12.6. The molecule has 0 saturated carbocycles. The second kappa shape index (κ2) is 7.66. The molecule has 6 heteroatoms. The molecule has 1 rings (SSSR count). The van der Waals surface area contributed by atoms with Gasteiger partial charge >= 0.3 is 0 Å². The van der Waals surface area contributed by atoms with Gasteiger partial charge in [0.1, 0.15) is 11.7 Å². The second-order valence-corrected chi connectivity index (χ2v) is 3.90. The lowest BCUT2D eigenvalue weighted by Gasteiger charge is -2.06. The molecule has 1 aromatic carbocycles. The quantitative estimate of drug-likeness (QED) is 0.596. The molecule has 0 atom stereocenters. The maximum atomic E-state index is 12.6. The standard InChI is InChI=1S/C12H14ClFN2O2/c13-8-12(18)16-6-5-15-11(17)7-9-1-3-10(14)4-2-9/h1-4H,5-8H2,(H,15,17)(H,16,18). The number of nitrogens with one attached hydrogen (secondary N) is 2. The SMILES string of the molecule is O=C(CCl)NCCNC(=O)Cc1ccc(F)cc1. The molecule has 2 amide bonds. The lowest BCUT2D eigenvalue weighted by molar-refractivity contribution is -0.121. The van der Waals surface area contributed by atoms with Crippen LogP contribution in [-0.2, 0) is 16.0 Å². The predicted octanol–water partition coefficient (Wildman–Crippen LogP) is 0.839. The first-order chi connectivity index (χ1) is 8.61. The van der Waals surface area contributed by atoms with Crippen molar-refractivity contribution in [1.29, 1.82) is 0 Å². The molecule has 18 heavy (non-hydrogen) atoms. The number of carbonyl (C=O) groups is 2. The molecule has 0 unspecified atom stereocenters. The summed E-state index contributed by atoms with van der Waals surface area (Å²) in [4.78, 5) is 22.3. The van der Waals surface area contributed by atoms with Crippen LogP contribution < -0.4 is 10.6 Å². The lowest BCUT2D eigenvalue weighted by Crippen LogP contribution is -2.35. The van der Waals surface area contributed by atoms with Gasteiger partial charge in [0.2, 0.25) is 11.8 Å². The van der Waals surface area contributed by atoms with Crippen molar-refractivity contribution in [2.45, 2.75) is 6.42 Å². The van der Waals surface area contributed by atoms with Crippen molar-refractivity contribution in [3.05, 3.63) is 35.6 Å². The molecule has 4 nitrogen and oxygen atoms in total. The zero-order chi connectivity index (χ0) is 13.4. The van der Waals surface area contributed by atoms with Crippen LogP contribution in [0.2, 0.25) is 0 Å². The Balaban J connectivity index is 2.21. The van der Waals surface area contributed by atoms with Crippen molar-refractivity contribution in [3.63, 3.8) is 0 Å². The highest BCUT2D eigenvalue weighted by molar-refractivity contribution is 6.27. The van der Waals surface area contributed by atoms with Gasteiger partial charge in [0.15, 0.2) is 0 Å². The summed E-state index contributed by atoms with van der Waals surface area (Å²) in [7, 11) is 0.